The smallest absolute Gasteiger partial charge is 0.316 e. The Morgan fingerprint density at radius 3 is 2.63 bits per heavy atom. The normalized spacial score (nSPS) is 13.7. The van der Waals surface area contributed by atoms with Gasteiger partial charge in [0.15, 0.2) is 23.1 Å². The molecule has 3 amide bonds. The number of nitrogens with two attached hydrogens (primary N) is 1. The number of amides is 3. The Balaban J connectivity index is 1.50. The predicted molar refractivity (Wildman–Crippen MR) is 128 cm³/mol. The summed E-state index contributed by atoms with van der Waals surface area (Å²) in [5, 5.41) is 5.74. The minimum Gasteiger partial charge on any atom is -0.367 e. The summed E-state index contributed by atoms with van der Waals surface area (Å²) in [5.74, 6) is -1.39. The second kappa shape index (κ2) is 9.16. The molecular formula is C24H23F2N7O2. The molecule has 4 N–H and O–H groups in total. The molecule has 1 saturated heterocycles. The van der Waals surface area contributed by atoms with E-state index in [-0.39, 0.29) is 11.4 Å². The van der Waals surface area contributed by atoms with E-state index < -0.39 is 17.7 Å². The zero-order valence-corrected chi connectivity index (χ0v) is 18.7. The van der Waals surface area contributed by atoms with Crippen molar-refractivity contribution in [1.82, 2.24) is 19.3 Å². The molecule has 3 heterocycles. The molecule has 9 nitrogen and oxygen atoms in total. The zero-order chi connectivity index (χ0) is 24.5. The molecule has 11 heteroatoms. The number of carbonyl (C=O) groups is 2. The highest BCUT2D eigenvalue weighted by molar-refractivity contribution is 5.89. The summed E-state index contributed by atoms with van der Waals surface area (Å²) < 4.78 is 30.0. The summed E-state index contributed by atoms with van der Waals surface area (Å²) in [6, 6.07) is 8.38. The number of benzene rings is 2. The van der Waals surface area contributed by atoms with Crippen molar-refractivity contribution in [3.8, 4) is 11.3 Å². The second-order valence-electron chi connectivity index (χ2n) is 8.35. The molecule has 0 radical (unpaired) electrons. The van der Waals surface area contributed by atoms with Crippen LogP contribution in [0.5, 0.6) is 0 Å². The molecule has 4 aromatic rings. The van der Waals surface area contributed by atoms with Gasteiger partial charge in [-0.2, -0.15) is 0 Å². The van der Waals surface area contributed by atoms with E-state index in [2.05, 4.69) is 20.6 Å². The Morgan fingerprint density at radius 2 is 1.91 bits per heavy atom. The van der Waals surface area contributed by atoms with Crippen LogP contribution in [0.4, 0.5) is 25.1 Å². The first-order chi connectivity index (χ1) is 16.9. The van der Waals surface area contributed by atoms with Gasteiger partial charge in [-0.3, -0.25) is 9.20 Å². The molecule has 0 aliphatic carbocycles. The van der Waals surface area contributed by atoms with Crippen LogP contribution in [0, 0.1) is 11.6 Å². The first kappa shape index (κ1) is 22.5. The predicted octanol–water partition coefficient (Wildman–Crippen LogP) is 3.74. The van der Waals surface area contributed by atoms with Gasteiger partial charge in [-0.05, 0) is 25.0 Å². The number of urea groups is 1. The van der Waals surface area contributed by atoms with Crippen LogP contribution in [0.1, 0.15) is 19.3 Å². The third kappa shape index (κ3) is 4.44. The van der Waals surface area contributed by atoms with Crippen LogP contribution >= 0.6 is 0 Å². The molecule has 1 fully saturated rings. The zero-order valence-electron chi connectivity index (χ0n) is 18.7. The largest absolute Gasteiger partial charge is 0.367 e. The number of aromatic nitrogens is 3. The molecule has 1 aliphatic rings. The van der Waals surface area contributed by atoms with E-state index in [1.807, 2.05) is 4.90 Å². The fourth-order valence-electron chi connectivity index (χ4n) is 4.33. The number of carbonyl (C=O) groups excluding carboxylic acids is 2. The van der Waals surface area contributed by atoms with Crippen LogP contribution in [0.25, 0.3) is 27.9 Å². The summed E-state index contributed by atoms with van der Waals surface area (Å²) in [4.78, 5) is 33.8. The number of likely N-dealkylation sites (tertiary alicyclic amines) is 1. The summed E-state index contributed by atoms with van der Waals surface area (Å²) in [7, 11) is 0. The Kier molecular flexibility index (Phi) is 5.89. The van der Waals surface area contributed by atoms with Gasteiger partial charge < -0.3 is 21.3 Å². The highest BCUT2D eigenvalue weighted by Gasteiger charge is 2.20. The van der Waals surface area contributed by atoms with Crippen molar-refractivity contribution in [2.24, 2.45) is 5.73 Å². The van der Waals surface area contributed by atoms with Crippen molar-refractivity contribution in [3.05, 3.63) is 54.2 Å². The molecule has 1 aliphatic heterocycles. The molecule has 0 atom stereocenters. The molecule has 2 aromatic heterocycles. The van der Waals surface area contributed by atoms with Gasteiger partial charge in [0.2, 0.25) is 5.91 Å². The third-order valence-electron chi connectivity index (χ3n) is 5.98. The van der Waals surface area contributed by atoms with Gasteiger partial charge in [0.25, 0.3) is 0 Å². The van der Waals surface area contributed by atoms with Gasteiger partial charge in [-0.25, -0.2) is 23.5 Å². The van der Waals surface area contributed by atoms with E-state index in [1.165, 1.54) is 0 Å². The van der Waals surface area contributed by atoms with E-state index in [1.54, 1.807) is 34.9 Å². The fourth-order valence-corrected chi connectivity index (χ4v) is 4.33. The molecule has 0 bridgehead atoms. The minimum atomic E-state index is -0.994. The number of fused-ring (bicyclic) bond motifs is 3. The number of nitrogens with one attached hydrogen (secondary N) is 2. The Hall–Kier alpha value is -4.28. The lowest BCUT2D eigenvalue weighted by molar-refractivity contribution is -0.127. The van der Waals surface area contributed by atoms with Crippen molar-refractivity contribution in [1.29, 1.82) is 0 Å². The first-order valence-corrected chi connectivity index (χ1v) is 11.3. The molecular weight excluding hydrogens is 456 g/mol. The number of primary amides is 1. The Bertz CT molecular complexity index is 1440. The minimum absolute atomic E-state index is 0.170. The van der Waals surface area contributed by atoms with Crippen molar-refractivity contribution >= 4 is 40.1 Å². The quantitative estimate of drug-likeness (QED) is 0.349. The topological polar surface area (TPSA) is 118 Å². The van der Waals surface area contributed by atoms with E-state index >= 15 is 0 Å². The number of nitrogens with zero attached hydrogens (tertiary/aromatic N) is 4. The lowest BCUT2D eigenvalue weighted by Crippen LogP contribution is -2.27. The van der Waals surface area contributed by atoms with E-state index in [0.29, 0.717) is 54.3 Å². The maximum atomic E-state index is 14.2. The summed E-state index contributed by atoms with van der Waals surface area (Å²) in [6.07, 6.45) is 3.82. The summed E-state index contributed by atoms with van der Waals surface area (Å²) in [6.45, 7) is 1.94. The van der Waals surface area contributed by atoms with Gasteiger partial charge in [-0.1, -0.05) is 12.1 Å². The van der Waals surface area contributed by atoms with E-state index in [4.69, 9.17) is 5.73 Å². The van der Waals surface area contributed by atoms with Gasteiger partial charge in [0.1, 0.15) is 0 Å². The lowest BCUT2D eigenvalue weighted by Gasteiger charge is -2.16. The summed E-state index contributed by atoms with van der Waals surface area (Å²) >= 11 is 0. The van der Waals surface area contributed by atoms with Gasteiger partial charge in [0.05, 0.1) is 22.9 Å². The van der Waals surface area contributed by atoms with Crippen molar-refractivity contribution in [2.75, 3.05) is 30.3 Å². The number of rotatable bonds is 7. The molecule has 35 heavy (non-hydrogen) atoms. The van der Waals surface area contributed by atoms with E-state index in [9.17, 15) is 18.4 Å². The van der Waals surface area contributed by atoms with Crippen LogP contribution in [-0.4, -0.2) is 50.8 Å². The number of halogens is 2. The van der Waals surface area contributed by atoms with Crippen LogP contribution < -0.4 is 16.4 Å². The van der Waals surface area contributed by atoms with Crippen molar-refractivity contribution in [3.63, 3.8) is 0 Å². The number of hydrogen-bond donors (Lipinski definition) is 3. The number of imidazole rings is 1. The molecule has 0 spiro atoms. The van der Waals surface area contributed by atoms with Crippen molar-refractivity contribution < 1.29 is 18.4 Å². The van der Waals surface area contributed by atoms with Crippen molar-refractivity contribution in [2.45, 2.75) is 19.3 Å². The average molecular weight is 479 g/mol. The SMILES string of the molecule is NC(=O)Nc1ccc(-c2cnc3c(NCCCN4CCCC4=O)nc4cc(F)c(F)cc4n23)cc1. The maximum Gasteiger partial charge on any atom is 0.316 e. The lowest BCUT2D eigenvalue weighted by atomic mass is 10.1. The molecule has 180 valence electrons. The average Bonchev–Trinajstić information content (AvgIpc) is 3.45. The first-order valence-electron chi connectivity index (χ1n) is 11.3. The Morgan fingerprint density at radius 1 is 1.14 bits per heavy atom. The standard InChI is InChI=1S/C24H23F2N7O2/c25-16-11-18-19(12-17(16)26)33-20(14-4-6-15(7-5-14)30-24(27)35)13-29-23(33)22(31-18)28-8-2-10-32-9-1-3-21(32)34/h4-7,11-13H,1-3,8-10H2,(H,28,31)(H3,27,30,35). The van der Waals surface area contributed by atoms with Gasteiger partial charge in [-0.15, -0.1) is 0 Å². The van der Waals surface area contributed by atoms with Crippen LogP contribution in [0.3, 0.4) is 0 Å². The Labute approximate surface area is 198 Å². The van der Waals surface area contributed by atoms with Gasteiger partial charge in [0, 0.05) is 49.4 Å². The number of anilines is 2. The van der Waals surface area contributed by atoms with Crippen LogP contribution in [-0.2, 0) is 4.79 Å². The second-order valence-corrected chi connectivity index (χ2v) is 8.35. The highest BCUT2D eigenvalue weighted by atomic mass is 19.2. The van der Waals surface area contributed by atoms with Crippen LogP contribution in [0.2, 0.25) is 0 Å². The molecule has 0 saturated carbocycles. The maximum absolute atomic E-state index is 14.2. The van der Waals surface area contributed by atoms with Crippen LogP contribution in [0.15, 0.2) is 42.6 Å². The monoisotopic (exact) mass is 479 g/mol. The molecule has 0 unspecified atom stereocenters. The summed E-state index contributed by atoms with van der Waals surface area (Å²) in [5.41, 5.74) is 8.14. The number of hydrogen-bond acceptors (Lipinski definition) is 5. The fraction of sp³-hybridized carbons (Fsp3) is 0.250. The van der Waals surface area contributed by atoms with E-state index in [0.717, 1.165) is 30.7 Å². The molecule has 5 rings (SSSR count). The molecule has 2 aromatic carbocycles. The van der Waals surface area contributed by atoms with Gasteiger partial charge >= 0.3 is 6.03 Å². The highest BCUT2D eigenvalue weighted by Crippen LogP contribution is 2.30. The third-order valence-corrected chi connectivity index (χ3v) is 5.98.